The minimum atomic E-state index is 0.421. The van der Waals surface area contributed by atoms with Gasteiger partial charge in [-0.15, -0.1) is 0 Å². The molecule has 0 aromatic heterocycles. The topological polar surface area (TPSA) is 96.2 Å². The number of fused-ring (bicyclic) bond motifs is 20. The molecule has 17 unspecified atom stereocenters. The zero-order valence-electron chi connectivity index (χ0n) is 25.4. The highest BCUT2D eigenvalue weighted by Gasteiger charge is 2.54. The van der Waals surface area contributed by atoms with Crippen LogP contribution in [0.15, 0.2) is 0 Å². The lowest BCUT2D eigenvalue weighted by molar-refractivity contribution is 0.168. The molecule has 0 aromatic rings. The van der Waals surface area contributed by atoms with Crippen LogP contribution in [0.25, 0.3) is 0 Å². The average molecular weight is 581 g/mol. The van der Waals surface area contributed by atoms with Crippen LogP contribution >= 0.6 is 0 Å². The molecule has 17 atom stereocenters. The molecule has 0 spiro atoms. The molecule has 0 aromatic carbocycles. The second-order valence-corrected chi connectivity index (χ2v) is 17.6. The van der Waals surface area contributed by atoms with Crippen molar-refractivity contribution in [3.8, 4) is 0 Å². The van der Waals surface area contributed by atoms with Crippen LogP contribution in [0.2, 0.25) is 4.78 Å². The van der Waals surface area contributed by atoms with Gasteiger partial charge in [0.1, 0.15) is 0 Å². The molecule has 4 aliphatic carbocycles. The van der Waals surface area contributed by atoms with Crippen LogP contribution in [0.3, 0.4) is 0 Å². The maximum Gasteiger partial charge on any atom is 0.216 e. The highest BCUT2D eigenvalue weighted by atomic mass is 27.0. The highest BCUT2D eigenvalue weighted by Crippen LogP contribution is 2.47. The van der Waals surface area contributed by atoms with E-state index in [4.69, 9.17) is 0 Å². The summed E-state index contributed by atoms with van der Waals surface area (Å²) in [6.45, 7) is 0. The van der Waals surface area contributed by atoms with Gasteiger partial charge in [-0.1, -0.05) is 56.1 Å². The maximum atomic E-state index is 4.31. The molecule has 41 heavy (non-hydrogen) atoms. The molecule has 5 saturated heterocycles. The van der Waals surface area contributed by atoms with Gasteiger partial charge in [-0.05, 0) is 92.3 Å². The zero-order chi connectivity index (χ0) is 27.1. The van der Waals surface area contributed by atoms with Crippen molar-refractivity contribution in [2.45, 2.75) is 150 Å². The van der Waals surface area contributed by atoms with E-state index in [9.17, 15) is 0 Å². The van der Waals surface area contributed by atoms with Crippen molar-refractivity contribution in [2.75, 3.05) is 0 Å². The van der Waals surface area contributed by atoms with E-state index in [-0.39, 0.29) is 0 Å². The van der Waals surface area contributed by atoms with Crippen molar-refractivity contribution >= 4 is 16.3 Å². The van der Waals surface area contributed by atoms with E-state index in [0.717, 1.165) is 52.1 Å². The van der Waals surface area contributed by atoms with Crippen LogP contribution in [0, 0.1) is 47.3 Å². The minimum Gasteiger partial charge on any atom is -0.286 e. The summed E-state index contributed by atoms with van der Waals surface area (Å²) < 4.78 is 0.918. The van der Waals surface area contributed by atoms with Gasteiger partial charge in [-0.2, -0.15) is 0 Å². The van der Waals surface area contributed by atoms with Gasteiger partial charge >= 0.3 is 0 Å². The highest BCUT2D eigenvalue weighted by molar-refractivity contribution is 6.12. The van der Waals surface area contributed by atoms with Crippen LogP contribution in [0.4, 0.5) is 0 Å². The summed E-state index contributed by atoms with van der Waals surface area (Å²) in [6.07, 6.45) is 24.3. The van der Waals surface area contributed by atoms with Crippen molar-refractivity contribution in [3.05, 3.63) is 0 Å². The molecule has 8 nitrogen and oxygen atoms in total. The van der Waals surface area contributed by atoms with E-state index in [1.54, 1.807) is 0 Å². The lowest BCUT2D eigenvalue weighted by Gasteiger charge is -2.38. The maximum absolute atomic E-state index is 4.31. The summed E-state index contributed by atoms with van der Waals surface area (Å²) in [7, 11) is 0. The monoisotopic (exact) mass is 580 g/mol. The Hall–Kier alpha value is 0.212. The SMILES string of the molecule is [AlH2][CH]1CCCC2C3NC4NC(NC5NC(NC6NC(NC(N3)C12)C1CCCCC61)C1CCCCC51)C1CCCCC41. The van der Waals surface area contributed by atoms with Gasteiger partial charge in [0.15, 0.2) is 0 Å². The standard InChI is InChI=1S/C32H55N8.Al.2H/c1-2-10-18-17(9-1)25-33-26(18)38-28-21-13-5-6-14-22(21)30(35-28)40-32-24-16-8-7-15-23(24)31(36-32)39-29-20-12-4-3-11-19(20)27(34-29)37-25;;;/h9,17-40H,1-8,10-16H2;;;. The van der Waals surface area contributed by atoms with E-state index >= 15 is 0 Å². The second kappa shape index (κ2) is 11.2. The Bertz CT molecular complexity index is 953. The third kappa shape index (κ3) is 4.75. The van der Waals surface area contributed by atoms with E-state index in [2.05, 4.69) is 42.5 Å². The predicted octanol–water partition coefficient (Wildman–Crippen LogP) is 1.64. The molecule has 0 radical (unpaired) electrons. The first-order valence-electron chi connectivity index (χ1n) is 18.3. The fourth-order valence-corrected chi connectivity index (χ4v) is 13.7. The summed E-state index contributed by atoms with van der Waals surface area (Å²) in [5.74, 6) is 6.02. The van der Waals surface area contributed by atoms with Gasteiger partial charge in [0.25, 0.3) is 0 Å². The number of rotatable bonds is 0. The first-order valence-corrected chi connectivity index (χ1v) is 19.5. The molecule has 0 amide bonds. The van der Waals surface area contributed by atoms with E-state index in [1.807, 2.05) is 0 Å². The van der Waals surface area contributed by atoms with Crippen LogP contribution in [-0.4, -0.2) is 65.6 Å². The summed E-state index contributed by atoms with van der Waals surface area (Å²) in [6, 6.07) is 0. The van der Waals surface area contributed by atoms with Crippen LogP contribution < -0.4 is 42.5 Å². The van der Waals surface area contributed by atoms with Gasteiger partial charge in [0.05, 0.1) is 49.3 Å². The van der Waals surface area contributed by atoms with Crippen molar-refractivity contribution in [2.24, 2.45) is 47.3 Å². The molecule has 5 aliphatic heterocycles. The summed E-state index contributed by atoms with van der Waals surface area (Å²) in [4.78, 5) is 0. The van der Waals surface area contributed by atoms with Gasteiger partial charge in [-0.3, -0.25) is 42.5 Å². The Morgan fingerprint density at radius 2 is 0.561 bits per heavy atom. The third-order valence-electron chi connectivity index (χ3n) is 14.2. The van der Waals surface area contributed by atoms with Gasteiger partial charge in [0, 0.05) is 0 Å². The van der Waals surface area contributed by atoms with Gasteiger partial charge < -0.3 is 0 Å². The molecule has 228 valence electrons. The Morgan fingerprint density at radius 3 is 0.902 bits per heavy atom. The molecule has 4 saturated carbocycles. The lowest BCUT2D eigenvalue weighted by Crippen LogP contribution is -2.61. The lowest BCUT2D eigenvalue weighted by atomic mass is 9.76. The van der Waals surface area contributed by atoms with Crippen LogP contribution in [0.5, 0.6) is 0 Å². The van der Waals surface area contributed by atoms with Crippen molar-refractivity contribution in [3.63, 3.8) is 0 Å². The fraction of sp³-hybridized carbons (Fsp3) is 1.00. The van der Waals surface area contributed by atoms with Crippen LogP contribution in [0.1, 0.15) is 96.3 Å². The number of hydrogen-bond donors (Lipinski definition) is 8. The van der Waals surface area contributed by atoms with E-state index in [1.165, 1.54) is 113 Å². The Balaban J connectivity index is 1.06. The van der Waals surface area contributed by atoms with Gasteiger partial charge in [0.2, 0.25) is 16.3 Å². The van der Waals surface area contributed by atoms with Crippen LogP contribution in [-0.2, 0) is 0 Å². The average Bonchev–Trinajstić information content (AvgIpc) is 3.73. The first kappa shape index (κ1) is 27.5. The molecular formula is C32H57AlN8. The number of hydrogen-bond acceptors (Lipinski definition) is 8. The molecule has 8 bridgehead atoms. The molecule has 8 N–H and O–H groups in total. The Morgan fingerprint density at radius 1 is 0.293 bits per heavy atom. The predicted molar refractivity (Wildman–Crippen MR) is 165 cm³/mol. The smallest absolute Gasteiger partial charge is 0.216 e. The van der Waals surface area contributed by atoms with E-state index < -0.39 is 0 Å². The normalized spacial score (nSPS) is 58.3. The van der Waals surface area contributed by atoms with Crippen molar-refractivity contribution < 1.29 is 0 Å². The van der Waals surface area contributed by atoms with E-state index in [0.29, 0.717) is 49.3 Å². The first-order chi connectivity index (χ1) is 20.2. The molecule has 5 heterocycles. The summed E-state index contributed by atoms with van der Waals surface area (Å²) in [5, 5.41) is 34.0. The molecular weight excluding hydrogens is 523 g/mol. The van der Waals surface area contributed by atoms with Crippen molar-refractivity contribution in [1.29, 1.82) is 0 Å². The fourth-order valence-electron chi connectivity index (χ4n) is 12.4. The van der Waals surface area contributed by atoms with Gasteiger partial charge in [-0.25, -0.2) is 0 Å². The second-order valence-electron chi connectivity index (χ2n) is 16.1. The third-order valence-corrected chi connectivity index (χ3v) is 15.6. The molecule has 9 heteroatoms. The molecule has 9 fully saturated rings. The summed E-state index contributed by atoms with van der Waals surface area (Å²) >= 11 is 1.32. The largest absolute Gasteiger partial charge is 0.286 e. The number of nitrogens with one attached hydrogen (secondary N) is 8. The Kier molecular flexibility index (Phi) is 7.53. The van der Waals surface area contributed by atoms with Crippen molar-refractivity contribution in [1.82, 2.24) is 42.5 Å². The zero-order valence-corrected chi connectivity index (χ0v) is 27.4. The quantitative estimate of drug-likeness (QED) is 0.205. The summed E-state index contributed by atoms with van der Waals surface area (Å²) in [5.41, 5.74) is 0. The minimum absolute atomic E-state index is 0.421. The Labute approximate surface area is 256 Å². The molecule has 9 aliphatic rings. The molecule has 9 rings (SSSR count).